The molecule has 0 bridgehead atoms. The maximum Gasteiger partial charge on any atom is 0.330 e. The van der Waals surface area contributed by atoms with Crippen molar-refractivity contribution in [2.24, 2.45) is 10.2 Å². The zero-order valence-corrected chi connectivity index (χ0v) is 23.3. The Kier molecular flexibility index (Phi) is 9.28. The third kappa shape index (κ3) is 7.02. The van der Waals surface area contributed by atoms with E-state index in [1.54, 1.807) is 0 Å². The molecule has 2 fully saturated rings. The van der Waals surface area contributed by atoms with Crippen molar-refractivity contribution in [3.63, 3.8) is 0 Å². The number of aromatic amines is 2. The Morgan fingerprint density at radius 1 is 0.927 bits per heavy atom. The first-order valence-electron chi connectivity index (χ1n) is 12.1. The Bertz CT molecular complexity index is 1570. The first kappa shape index (κ1) is 30.4. The summed E-state index contributed by atoms with van der Waals surface area (Å²) in [5.41, 5.74) is 15.9. The molecule has 4 rings (SSSR count). The van der Waals surface area contributed by atoms with Crippen LogP contribution in [0.1, 0.15) is 36.4 Å². The summed E-state index contributed by atoms with van der Waals surface area (Å²) in [5, 5.41) is 7.35. The van der Waals surface area contributed by atoms with Crippen LogP contribution < -0.4 is 22.5 Å². The van der Waals surface area contributed by atoms with Gasteiger partial charge < -0.3 is 23.4 Å². The van der Waals surface area contributed by atoms with Crippen molar-refractivity contribution < 1.29 is 23.4 Å². The van der Waals surface area contributed by atoms with Crippen molar-refractivity contribution in [1.82, 2.24) is 19.1 Å². The second-order valence-corrected chi connectivity index (χ2v) is 12.1. The summed E-state index contributed by atoms with van der Waals surface area (Å²) in [6.45, 7) is -1.67. The van der Waals surface area contributed by atoms with Crippen molar-refractivity contribution >= 4 is 18.5 Å². The van der Waals surface area contributed by atoms with Gasteiger partial charge in [0.2, 0.25) is 0 Å². The summed E-state index contributed by atoms with van der Waals surface area (Å²) in [7, 11) is 0. The molecule has 2 aromatic heterocycles. The lowest BCUT2D eigenvalue weighted by atomic mass is 10.1. The Morgan fingerprint density at radius 3 is 1.68 bits per heavy atom. The van der Waals surface area contributed by atoms with Crippen molar-refractivity contribution in [2.75, 3.05) is 13.2 Å². The van der Waals surface area contributed by atoms with Gasteiger partial charge >= 0.3 is 18.1 Å². The molecule has 0 aliphatic carbocycles. The van der Waals surface area contributed by atoms with Gasteiger partial charge in [0, 0.05) is 46.2 Å². The van der Waals surface area contributed by atoms with Gasteiger partial charge in [-0.25, -0.2) is 9.59 Å². The van der Waals surface area contributed by atoms with E-state index in [0.717, 1.165) is 9.13 Å². The number of ether oxygens (including phenoxy) is 2. The molecule has 41 heavy (non-hydrogen) atoms. The highest BCUT2D eigenvalue weighted by Gasteiger charge is 2.39. The fourth-order valence-electron chi connectivity index (χ4n) is 4.42. The molecule has 3 N–H and O–H groups in total. The summed E-state index contributed by atoms with van der Waals surface area (Å²) in [6, 6.07) is -1.60. The molecule has 6 atom stereocenters. The number of nitrogens with one attached hydrogen (secondary N) is 2. The van der Waals surface area contributed by atoms with E-state index in [9.17, 15) is 24.1 Å². The average molecular weight is 613 g/mol. The molecule has 2 aliphatic rings. The van der Waals surface area contributed by atoms with Crippen LogP contribution in [0.15, 0.2) is 41.8 Å². The van der Waals surface area contributed by atoms with Crippen molar-refractivity contribution in [2.45, 2.75) is 63.4 Å². The van der Waals surface area contributed by atoms with Crippen LogP contribution in [-0.2, 0) is 30.3 Å². The van der Waals surface area contributed by atoms with Gasteiger partial charge in [-0.05, 0) is 36.7 Å². The fourth-order valence-corrected chi connectivity index (χ4v) is 5.53. The van der Waals surface area contributed by atoms with Crippen molar-refractivity contribution in [1.29, 1.82) is 0 Å². The van der Waals surface area contributed by atoms with Crippen LogP contribution in [0.25, 0.3) is 20.9 Å². The van der Waals surface area contributed by atoms with Crippen LogP contribution in [-0.4, -0.2) is 61.5 Å². The van der Waals surface area contributed by atoms with E-state index in [-0.39, 0.29) is 37.2 Å². The van der Waals surface area contributed by atoms with E-state index >= 15 is 0 Å². The van der Waals surface area contributed by atoms with Crippen LogP contribution in [0, 0.1) is 13.8 Å². The van der Waals surface area contributed by atoms with Gasteiger partial charge in [-0.15, -0.1) is 0 Å². The molecule has 0 aromatic carbocycles. The van der Waals surface area contributed by atoms with E-state index in [0.29, 0.717) is 0 Å². The third-order valence-corrected chi connectivity index (χ3v) is 8.11. The van der Waals surface area contributed by atoms with Gasteiger partial charge in [0.05, 0.1) is 37.5 Å². The average Bonchev–Trinajstić information content (AvgIpc) is 3.50. The lowest BCUT2D eigenvalue weighted by Gasteiger charge is -2.23. The molecule has 21 heteroatoms. The number of H-pyrrole nitrogens is 2. The van der Waals surface area contributed by atoms with E-state index in [1.807, 2.05) is 0 Å². The van der Waals surface area contributed by atoms with E-state index < -0.39 is 66.0 Å². The normalized spacial score (nSPS) is 27.1. The lowest BCUT2D eigenvalue weighted by Crippen LogP contribution is -2.33. The standard InChI is InChI=1S/C20H25N10O9PS/c1-9-5-29(19(33)23-17(9)31)15-3-11(25-27-21)13(38-15)7-36-40(35,41)37-8-14-12(26-28-22)4-16(39-14)30-6-10(2)18(32)24-20(30)34/h5-6,11-16H,3-4,7-8H2,1-2H3,(H,35,41)(H,23,31,33)(H,24,32,34)/t11-,12-,13+,14+,15+,16+/m0/s1. The Hall–Kier alpha value is -3.57. The molecular weight excluding hydrogens is 587 g/mol. The second-order valence-electron chi connectivity index (χ2n) is 9.29. The number of hydrogen-bond donors (Lipinski definition) is 3. The Labute approximate surface area is 234 Å². The molecule has 2 saturated heterocycles. The van der Waals surface area contributed by atoms with Crippen LogP contribution >= 0.6 is 6.72 Å². The number of rotatable bonds is 10. The molecule has 0 spiro atoms. The van der Waals surface area contributed by atoms with E-state index in [2.05, 4.69) is 30.0 Å². The first-order chi connectivity index (χ1) is 19.4. The fraction of sp³-hybridized carbons (Fsp3) is 0.600. The second kappa shape index (κ2) is 12.5. The molecule has 0 radical (unpaired) electrons. The van der Waals surface area contributed by atoms with E-state index in [4.69, 9.17) is 41.4 Å². The lowest BCUT2D eigenvalue weighted by molar-refractivity contribution is -0.0351. The maximum atomic E-state index is 12.3. The molecule has 2 aromatic rings. The zero-order valence-electron chi connectivity index (χ0n) is 21.6. The summed E-state index contributed by atoms with van der Waals surface area (Å²) in [6.07, 6.45) is -0.849. The van der Waals surface area contributed by atoms with Crippen LogP contribution in [0.2, 0.25) is 0 Å². The van der Waals surface area contributed by atoms with Gasteiger partial charge in [0.1, 0.15) is 12.5 Å². The molecule has 220 valence electrons. The number of azide groups is 2. The number of hydrogen-bond acceptors (Lipinski definition) is 11. The van der Waals surface area contributed by atoms with E-state index in [1.165, 1.54) is 26.2 Å². The van der Waals surface area contributed by atoms with Gasteiger partial charge in [-0.3, -0.25) is 28.7 Å². The predicted octanol–water partition coefficient (Wildman–Crippen LogP) is 0.886. The highest BCUT2D eigenvalue weighted by atomic mass is 32.5. The summed E-state index contributed by atoms with van der Waals surface area (Å²) in [4.78, 5) is 68.4. The zero-order chi connectivity index (χ0) is 29.9. The largest absolute Gasteiger partial charge is 0.352 e. The van der Waals surface area contributed by atoms with Crippen LogP contribution in [0.5, 0.6) is 0 Å². The minimum Gasteiger partial charge on any atom is -0.352 e. The van der Waals surface area contributed by atoms with Gasteiger partial charge in [-0.2, -0.15) is 0 Å². The number of aryl methyl sites for hydroxylation is 2. The van der Waals surface area contributed by atoms with Gasteiger partial charge in [0.25, 0.3) is 11.1 Å². The SMILES string of the molecule is Cc1cn([C@H]2C[C@H](N=[N+]=[N-])[C@@H](COP(O)(=S)OC[C@H]3O[C@@H](n4cc(C)c(=O)[nH]c4=O)C[C@@H]3N=[N+]=[N-])O2)c(=O)[nH]c1=O. The molecule has 19 nitrogen and oxygen atoms in total. The Morgan fingerprint density at radius 2 is 1.32 bits per heavy atom. The predicted molar refractivity (Wildman–Crippen MR) is 143 cm³/mol. The van der Waals surface area contributed by atoms with Gasteiger partial charge in [-0.1, -0.05) is 10.2 Å². The number of aromatic nitrogens is 4. The molecule has 0 amide bonds. The summed E-state index contributed by atoms with van der Waals surface area (Å²) in [5.74, 6) is 0. The number of nitrogens with zero attached hydrogens (tertiary/aromatic N) is 8. The summed E-state index contributed by atoms with van der Waals surface area (Å²) >= 11 is 5.08. The smallest absolute Gasteiger partial charge is 0.330 e. The molecule has 0 unspecified atom stereocenters. The van der Waals surface area contributed by atoms with Crippen molar-refractivity contribution in [3.05, 3.63) is 86.1 Å². The van der Waals surface area contributed by atoms with Crippen LogP contribution in [0.4, 0.5) is 0 Å². The quantitative estimate of drug-likeness (QED) is 0.147. The minimum absolute atomic E-state index is 0.0768. The third-order valence-electron chi connectivity index (χ3n) is 6.52. The molecule has 4 heterocycles. The molecule has 0 saturated carbocycles. The first-order valence-corrected chi connectivity index (χ1v) is 14.7. The Balaban J connectivity index is 1.40. The maximum absolute atomic E-state index is 12.3. The molecule has 2 aliphatic heterocycles. The van der Waals surface area contributed by atoms with Gasteiger partial charge in [0.15, 0.2) is 0 Å². The topological polar surface area (TPSA) is 264 Å². The highest BCUT2D eigenvalue weighted by Crippen LogP contribution is 2.46. The van der Waals surface area contributed by atoms with Crippen LogP contribution in [0.3, 0.4) is 0 Å². The minimum atomic E-state index is -3.95. The molecular formula is C20H25N10O9PS. The highest BCUT2D eigenvalue weighted by molar-refractivity contribution is 8.07. The summed E-state index contributed by atoms with van der Waals surface area (Å²) < 4.78 is 24.8. The van der Waals surface area contributed by atoms with Crippen molar-refractivity contribution in [3.8, 4) is 0 Å². The monoisotopic (exact) mass is 612 g/mol.